The van der Waals surface area contributed by atoms with Crippen LogP contribution in [0.3, 0.4) is 0 Å². The van der Waals surface area contributed by atoms with Crippen LogP contribution in [0.4, 0.5) is 11.5 Å². The zero-order valence-electron chi connectivity index (χ0n) is 12.9. The van der Waals surface area contributed by atoms with E-state index in [1.165, 1.54) is 12.1 Å². The molecular formula is C17H22N4O. The van der Waals surface area contributed by atoms with Crippen LogP contribution in [-0.4, -0.2) is 36.7 Å². The lowest BCUT2D eigenvalue weighted by Gasteiger charge is -2.18. The second kappa shape index (κ2) is 7.22. The van der Waals surface area contributed by atoms with E-state index in [9.17, 15) is 0 Å². The van der Waals surface area contributed by atoms with Crippen LogP contribution < -0.4 is 10.2 Å². The quantitative estimate of drug-likeness (QED) is 0.888. The summed E-state index contributed by atoms with van der Waals surface area (Å²) < 4.78 is 5.06. The minimum absolute atomic E-state index is 0.445. The van der Waals surface area contributed by atoms with E-state index in [1.807, 2.05) is 6.07 Å². The molecule has 0 amide bonds. The van der Waals surface area contributed by atoms with Gasteiger partial charge in [-0.15, -0.1) is 0 Å². The summed E-state index contributed by atoms with van der Waals surface area (Å²) in [5.41, 5.74) is 1.31. The van der Waals surface area contributed by atoms with Crippen molar-refractivity contribution in [2.75, 3.05) is 37.0 Å². The van der Waals surface area contributed by atoms with E-state index < -0.39 is 0 Å². The highest BCUT2D eigenvalue weighted by atomic mass is 16.5. The van der Waals surface area contributed by atoms with Gasteiger partial charge in [-0.2, -0.15) is 0 Å². The molecule has 1 atom stereocenters. The molecule has 5 nitrogen and oxygen atoms in total. The molecular weight excluding hydrogens is 276 g/mol. The summed E-state index contributed by atoms with van der Waals surface area (Å²) in [4.78, 5) is 11.1. The maximum Gasteiger partial charge on any atom is 0.156 e. The Hall–Kier alpha value is -2.14. The molecule has 1 aromatic heterocycles. The third kappa shape index (κ3) is 3.74. The van der Waals surface area contributed by atoms with Crippen LogP contribution in [-0.2, 0) is 11.3 Å². The van der Waals surface area contributed by atoms with Gasteiger partial charge in [-0.3, -0.25) is 0 Å². The van der Waals surface area contributed by atoms with E-state index in [0.717, 1.165) is 25.5 Å². The Morgan fingerprint density at radius 2 is 2.14 bits per heavy atom. The van der Waals surface area contributed by atoms with Crippen molar-refractivity contribution in [3.8, 4) is 0 Å². The summed E-state index contributed by atoms with van der Waals surface area (Å²) in [5, 5.41) is 3.42. The van der Waals surface area contributed by atoms with Crippen LogP contribution in [0, 0.1) is 5.92 Å². The molecule has 0 aliphatic carbocycles. The molecule has 1 aromatic carbocycles. The number of benzene rings is 1. The van der Waals surface area contributed by atoms with Crippen LogP contribution in [0.1, 0.15) is 12.2 Å². The summed E-state index contributed by atoms with van der Waals surface area (Å²) in [7, 11) is 1.65. The molecule has 1 aliphatic heterocycles. The molecule has 0 bridgehead atoms. The third-order valence-electron chi connectivity index (χ3n) is 3.96. The highest BCUT2D eigenvalue weighted by Crippen LogP contribution is 2.23. The molecule has 0 radical (unpaired) electrons. The molecule has 2 aromatic rings. The number of rotatable bonds is 6. The predicted octanol–water partition coefficient (Wildman–Crippen LogP) is 2.56. The maximum absolute atomic E-state index is 5.06. The van der Waals surface area contributed by atoms with E-state index in [-0.39, 0.29) is 0 Å². The first-order valence-corrected chi connectivity index (χ1v) is 7.70. The van der Waals surface area contributed by atoms with Gasteiger partial charge in [0.15, 0.2) is 5.82 Å². The maximum atomic E-state index is 5.06. The molecule has 0 spiro atoms. The Morgan fingerprint density at radius 1 is 1.27 bits per heavy atom. The van der Waals surface area contributed by atoms with E-state index in [0.29, 0.717) is 18.3 Å². The lowest BCUT2D eigenvalue weighted by atomic mass is 10.1. The smallest absolute Gasteiger partial charge is 0.156 e. The van der Waals surface area contributed by atoms with Crippen molar-refractivity contribution in [1.29, 1.82) is 0 Å². The average molecular weight is 298 g/mol. The van der Waals surface area contributed by atoms with E-state index in [2.05, 4.69) is 50.5 Å². The number of ether oxygens (including phenoxy) is 1. The fraction of sp³-hybridized carbons (Fsp3) is 0.412. The van der Waals surface area contributed by atoms with Crippen molar-refractivity contribution < 1.29 is 4.74 Å². The SMILES string of the molecule is COCc1nccc(NCC2CCN(c3ccccc3)C2)n1. The molecule has 0 saturated carbocycles. The first kappa shape index (κ1) is 14.8. The van der Waals surface area contributed by atoms with Gasteiger partial charge in [-0.25, -0.2) is 9.97 Å². The van der Waals surface area contributed by atoms with Crippen molar-refractivity contribution in [3.05, 3.63) is 48.4 Å². The molecule has 1 aliphatic rings. The molecule has 3 rings (SSSR count). The van der Waals surface area contributed by atoms with E-state index >= 15 is 0 Å². The van der Waals surface area contributed by atoms with Gasteiger partial charge >= 0.3 is 0 Å². The Bertz CT molecular complexity index is 590. The molecule has 1 N–H and O–H groups in total. The van der Waals surface area contributed by atoms with Crippen molar-refractivity contribution in [1.82, 2.24) is 9.97 Å². The number of nitrogens with zero attached hydrogens (tertiary/aromatic N) is 3. The molecule has 116 valence electrons. The molecule has 22 heavy (non-hydrogen) atoms. The molecule has 1 fully saturated rings. The summed E-state index contributed by atoms with van der Waals surface area (Å²) in [6.45, 7) is 3.59. The molecule has 2 heterocycles. The molecule has 5 heteroatoms. The topological polar surface area (TPSA) is 50.3 Å². The summed E-state index contributed by atoms with van der Waals surface area (Å²) in [6.07, 6.45) is 2.98. The van der Waals surface area contributed by atoms with E-state index in [1.54, 1.807) is 13.3 Å². The largest absolute Gasteiger partial charge is 0.377 e. The lowest BCUT2D eigenvalue weighted by molar-refractivity contribution is 0.178. The fourth-order valence-corrected chi connectivity index (χ4v) is 2.82. The zero-order valence-corrected chi connectivity index (χ0v) is 12.9. The Morgan fingerprint density at radius 3 is 2.95 bits per heavy atom. The monoisotopic (exact) mass is 298 g/mol. The van der Waals surface area contributed by atoms with Gasteiger partial charge in [0.1, 0.15) is 12.4 Å². The third-order valence-corrected chi connectivity index (χ3v) is 3.96. The zero-order chi connectivity index (χ0) is 15.2. The van der Waals surface area contributed by atoms with Crippen LogP contribution in [0.5, 0.6) is 0 Å². The first-order valence-electron chi connectivity index (χ1n) is 7.70. The van der Waals surface area contributed by atoms with Crippen molar-refractivity contribution in [2.45, 2.75) is 13.0 Å². The van der Waals surface area contributed by atoms with Gasteiger partial charge in [0, 0.05) is 38.6 Å². The second-order valence-electron chi connectivity index (χ2n) is 5.61. The van der Waals surface area contributed by atoms with Crippen LogP contribution >= 0.6 is 0 Å². The average Bonchev–Trinajstić information content (AvgIpc) is 3.04. The number of aromatic nitrogens is 2. The van der Waals surface area contributed by atoms with Crippen molar-refractivity contribution in [3.63, 3.8) is 0 Å². The lowest BCUT2D eigenvalue weighted by Crippen LogP contribution is -2.22. The number of nitrogens with one attached hydrogen (secondary N) is 1. The standard InChI is InChI=1S/C17H22N4O/c1-22-13-17-18-9-7-16(20-17)19-11-14-8-10-21(12-14)15-5-3-2-4-6-15/h2-7,9,14H,8,10-13H2,1H3,(H,18,19,20). The highest BCUT2D eigenvalue weighted by molar-refractivity contribution is 5.47. The number of anilines is 2. The molecule has 1 unspecified atom stereocenters. The Balaban J connectivity index is 1.51. The summed E-state index contributed by atoms with van der Waals surface area (Å²) in [6, 6.07) is 12.5. The number of hydrogen-bond donors (Lipinski definition) is 1. The fourth-order valence-electron chi connectivity index (χ4n) is 2.82. The normalized spacial score (nSPS) is 17.7. The van der Waals surface area contributed by atoms with Gasteiger partial charge in [0.2, 0.25) is 0 Å². The second-order valence-corrected chi connectivity index (χ2v) is 5.61. The number of hydrogen-bond acceptors (Lipinski definition) is 5. The minimum Gasteiger partial charge on any atom is -0.377 e. The van der Waals surface area contributed by atoms with Crippen molar-refractivity contribution >= 4 is 11.5 Å². The Labute approximate surface area is 131 Å². The predicted molar refractivity (Wildman–Crippen MR) is 88.0 cm³/mol. The van der Waals surface area contributed by atoms with Crippen LogP contribution in [0.15, 0.2) is 42.6 Å². The minimum atomic E-state index is 0.445. The van der Waals surface area contributed by atoms with E-state index in [4.69, 9.17) is 4.74 Å². The highest BCUT2D eigenvalue weighted by Gasteiger charge is 2.22. The van der Waals surface area contributed by atoms with Gasteiger partial charge in [0.25, 0.3) is 0 Å². The van der Waals surface area contributed by atoms with Gasteiger partial charge in [0.05, 0.1) is 0 Å². The van der Waals surface area contributed by atoms with Gasteiger partial charge in [-0.05, 0) is 30.5 Å². The van der Waals surface area contributed by atoms with Gasteiger partial charge < -0.3 is 15.0 Å². The van der Waals surface area contributed by atoms with Crippen molar-refractivity contribution in [2.24, 2.45) is 5.92 Å². The van der Waals surface area contributed by atoms with Crippen LogP contribution in [0.2, 0.25) is 0 Å². The van der Waals surface area contributed by atoms with Crippen LogP contribution in [0.25, 0.3) is 0 Å². The number of methoxy groups -OCH3 is 1. The number of para-hydroxylation sites is 1. The molecule has 1 saturated heterocycles. The Kier molecular flexibility index (Phi) is 4.85. The first-order chi connectivity index (χ1) is 10.8. The van der Waals surface area contributed by atoms with Gasteiger partial charge in [-0.1, -0.05) is 18.2 Å². The summed E-state index contributed by atoms with van der Waals surface area (Å²) in [5.74, 6) is 2.23. The summed E-state index contributed by atoms with van der Waals surface area (Å²) >= 11 is 0.